The Morgan fingerprint density at radius 3 is 1.46 bits per heavy atom. The zero-order chi connectivity index (χ0) is 27.0. The van der Waals surface area contributed by atoms with Gasteiger partial charge in [0.1, 0.15) is 12.2 Å². The van der Waals surface area contributed by atoms with Gasteiger partial charge in [0.25, 0.3) is 0 Å². The van der Waals surface area contributed by atoms with Gasteiger partial charge in [-0.2, -0.15) is 0 Å². The fourth-order valence-corrected chi connectivity index (χ4v) is 2.59. The summed E-state index contributed by atoms with van der Waals surface area (Å²) in [6.45, 7) is 11.3. The van der Waals surface area contributed by atoms with Gasteiger partial charge in [0.15, 0.2) is 0 Å². The normalized spacial score (nSPS) is 11.3. The number of carbonyl (C=O) groups is 2. The molecule has 11 heteroatoms. The second kappa shape index (κ2) is 21.8. The lowest BCUT2D eigenvalue weighted by atomic mass is 10.2. The van der Waals surface area contributed by atoms with E-state index in [1.165, 1.54) is 0 Å². The fraction of sp³-hybridized carbons (Fsp3) is 0.692. The number of nitrogens with one attached hydrogen (secondary N) is 1. The van der Waals surface area contributed by atoms with Crippen molar-refractivity contribution in [3.8, 4) is 0 Å². The molecule has 0 heterocycles. The molecule has 0 atom stereocenters. The second-order valence-electron chi connectivity index (χ2n) is 8.60. The van der Waals surface area contributed by atoms with Gasteiger partial charge >= 0.3 is 12.1 Å². The molecule has 11 nitrogen and oxygen atoms in total. The molecule has 1 amide bonds. The molecule has 0 saturated carbocycles. The highest BCUT2D eigenvalue weighted by atomic mass is 16.6. The Kier molecular flexibility index (Phi) is 19.3. The van der Waals surface area contributed by atoms with Crippen LogP contribution in [0.25, 0.3) is 0 Å². The summed E-state index contributed by atoms with van der Waals surface area (Å²) >= 11 is 0. The maximum Gasteiger partial charge on any atom is 0.407 e. The standard InChI is InChI=1S/C26H43NO10/c1-26(2,3)37-25(29)27-9-10-30-11-12-31-13-14-32-15-16-33-17-18-34-19-20-35-21-22-36-24(28)23-7-5-4-6-8-23/h4-8H,9-22H2,1-3H3,(H,27,29). The molecular formula is C26H43NO10. The molecule has 0 spiro atoms. The first-order valence-corrected chi connectivity index (χ1v) is 12.5. The lowest BCUT2D eigenvalue weighted by Gasteiger charge is -2.19. The summed E-state index contributed by atoms with van der Waals surface area (Å²) in [6.07, 6.45) is -0.455. The Bertz CT molecular complexity index is 696. The van der Waals surface area contributed by atoms with Gasteiger partial charge in [0.2, 0.25) is 0 Å². The molecule has 0 aliphatic carbocycles. The van der Waals surface area contributed by atoms with Crippen LogP contribution in [0.5, 0.6) is 0 Å². The van der Waals surface area contributed by atoms with E-state index < -0.39 is 11.7 Å². The smallest absolute Gasteiger partial charge is 0.407 e. The molecule has 0 fully saturated rings. The molecule has 0 aliphatic rings. The summed E-state index contributed by atoms with van der Waals surface area (Å²) in [5, 5.41) is 2.62. The zero-order valence-electron chi connectivity index (χ0n) is 22.4. The number of rotatable bonds is 22. The Balaban J connectivity index is 1.71. The number of esters is 1. The van der Waals surface area contributed by atoms with Crippen LogP contribution in [0, 0.1) is 0 Å². The van der Waals surface area contributed by atoms with Crippen LogP contribution in [0.4, 0.5) is 4.79 Å². The van der Waals surface area contributed by atoms with Crippen molar-refractivity contribution in [3.63, 3.8) is 0 Å². The van der Waals surface area contributed by atoms with Crippen molar-refractivity contribution in [2.45, 2.75) is 26.4 Å². The first-order chi connectivity index (χ1) is 17.9. The number of hydrogen-bond acceptors (Lipinski definition) is 10. The molecule has 1 N–H and O–H groups in total. The maximum atomic E-state index is 11.7. The highest BCUT2D eigenvalue weighted by molar-refractivity contribution is 5.89. The number of ether oxygens (including phenoxy) is 8. The van der Waals surface area contributed by atoms with Crippen LogP contribution in [0.1, 0.15) is 31.1 Å². The molecule has 1 rings (SSSR count). The zero-order valence-corrected chi connectivity index (χ0v) is 22.4. The molecule has 0 saturated heterocycles. The van der Waals surface area contributed by atoms with Crippen molar-refractivity contribution >= 4 is 12.1 Å². The molecule has 37 heavy (non-hydrogen) atoms. The predicted octanol–water partition coefficient (Wildman–Crippen LogP) is 2.47. The van der Waals surface area contributed by atoms with Crippen molar-refractivity contribution in [1.82, 2.24) is 5.32 Å². The maximum absolute atomic E-state index is 11.7. The third kappa shape index (κ3) is 21.5. The number of amides is 1. The summed E-state index contributed by atoms with van der Waals surface area (Å²) < 4.78 is 42.6. The molecule has 0 aliphatic heterocycles. The minimum atomic E-state index is -0.511. The molecule has 0 radical (unpaired) electrons. The van der Waals surface area contributed by atoms with E-state index >= 15 is 0 Å². The number of benzene rings is 1. The van der Waals surface area contributed by atoms with E-state index in [0.29, 0.717) is 91.4 Å². The fourth-order valence-electron chi connectivity index (χ4n) is 2.59. The van der Waals surface area contributed by atoms with Gasteiger partial charge in [-0.3, -0.25) is 0 Å². The SMILES string of the molecule is CC(C)(C)OC(=O)NCCOCCOCCOCCOCCOCCOCCOC(=O)c1ccccc1. The van der Waals surface area contributed by atoms with Gasteiger partial charge in [0.05, 0.1) is 84.8 Å². The largest absolute Gasteiger partial charge is 0.460 e. The van der Waals surface area contributed by atoms with E-state index in [0.717, 1.165) is 0 Å². The van der Waals surface area contributed by atoms with E-state index in [2.05, 4.69) is 5.32 Å². The minimum absolute atomic E-state index is 0.199. The Labute approximate surface area is 220 Å². The van der Waals surface area contributed by atoms with E-state index in [4.69, 9.17) is 37.9 Å². The van der Waals surface area contributed by atoms with Crippen LogP contribution in [-0.4, -0.2) is 110 Å². The monoisotopic (exact) mass is 529 g/mol. The van der Waals surface area contributed by atoms with Gasteiger partial charge in [-0.05, 0) is 32.9 Å². The minimum Gasteiger partial charge on any atom is -0.460 e. The van der Waals surface area contributed by atoms with Gasteiger partial charge < -0.3 is 43.2 Å². The average Bonchev–Trinajstić information content (AvgIpc) is 2.86. The number of carbonyl (C=O) groups excluding carboxylic acids is 2. The Morgan fingerprint density at radius 2 is 1.03 bits per heavy atom. The summed E-state index contributed by atoms with van der Waals surface area (Å²) in [5.74, 6) is -0.359. The topological polar surface area (TPSA) is 120 Å². The lowest BCUT2D eigenvalue weighted by molar-refractivity contribution is -0.0193. The number of alkyl carbamates (subject to hydrolysis) is 1. The molecule has 0 bridgehead atoms. The van der Waals surface area contributed by atoms with Crippen LogP contribution < -0.4 is 5.32 Å². The Hall–Kier alpha value is -2.28. The first-order valence-electron chi connectivity index (χ1n) is 12.5. The third-order valence-corrected chi connectivity index (χ3v) is 4.24. The molecule has 1 aromatic rings. The molecule has 212 valence electrons. The van der Waals surface area contributed by atoms with Crippen molar-refractivity contribution in [2.24, 2.45) is 0 Å². The van der Waals surface area contributed by atoms with Crippen LogP contribution >= 0.6 is 0 Å². The summed E-state index contributed by atoms with van der Waals surface area (Å²) in [4.78, 5) is 23.2. The average molecular weight is 530 g/mol. The van der Waals surface area contributed by atoms with E-state index in [-0.39, 0.29) is 12.6 Å². The van der Waals surface area contributed by atoms with Gasteiger partial charge in [-0.1, -0.05) is 18.2 Å². The van der Waals surface area contributed by atoms with Crippen molar-refractivity contribution in [2.75, 3.05) is 92.4 Å². The highest BCUT2D eigenvalue weighted by Gasteiger charge is 2.15. The van der Waals surface area contributed by atoms with Gasteiger partial charge in [-0.25, -0.2) is 9.59 Å². The van der Waals surface area contributed by atoms with Crippen molar-refractivity contribution < 1.29 is 47.5 Å². The van der Waals surface area contributed by atoms with Crippen LogP contribution in [0.2, 0.25) is 0 Å². The van der Waals surface area contributed by atoms with Crippen molar-refractivity contribution in [3.05, 3.63) is 35.9 Å². The molecule has 0 aromatic heterocycles. The highest BCUT2D eigenvalue weighted by Crippen LogP contribution is 2.06. The summed E-state index contributed by atoms with van der Waals surface area (Å²) in [5.41, 5.74) is 0.0113. The Morgan fingerprint density at radius 1 is 0.622 bits per heavy atom. The predicted molar refractivity (Wildman–Crippen MR) is 136 cm³/mol. The van der Waals surface area contributed by atoms with E-state index in [9.17, 15) is 9.59 Å². The van der Waals surface area contributed by atoms with E-state index in [1.54, 1.807) is 24.3 Å². The first kappa shape index (κ1) is 32.7. The summed E-state index contributed by atoms with van der Waals surface area (Å²) in [6, 6.07) is 8.83. The summed E-state index contributed by atoms with van der Waals surface area (Å²) in [7, 11) is 0. The van der Waals surface area contributed by atoms with Crippen LogP contribution in [0.3, 0.4) is 0 Å². The molecule has 1 aromatic carbocycles. The van der Waals surface area contributed by atoms with Crippen molar-refractivity contribution in [1.29, 1.82) is 0 Å². The van der Waals surface area contributed by atoms with Gasteiger partial charge in [-0.15, -0.1) is 0 Å². The van der Waals surface area contributed by atoms with Crippen LogP contribution in [-0.2, 0) is 37.9 Å². The quantitative estimate of drug-likeness (QED) is 0.177. The molecular weight excluding hydrogens is 486 g/mol. The van der Waals surface area contributed by atoms with E-state index in [1.807, 2.05) is 26.8 Å². The lowest BCUT2D eigenvalue weighted by Crippen LogP contribution is -2.34. The molecule has 0 unspecified atom stereocenters. The van der Waals surface area contributed by atoms with Gasteiger partial charge in [0, 0.05) is 6.54 Å². The van der Waals surface area contributed by atoms with Crippen LogP contribution in [0.15, 0.2) is 30.3 Å². The number of hydrogen-bond donors (Lipinski definition) is 1. The second-order valence-corrected chi connectivity index (χ2v) is 8.60. The third-order valence-electron chi connectivity index (χ3n) is 4.24.